The summed E-state index contributed by atoms with van der Waals surface area (Å²) in [6.45, 7) is 1.92. The predicted octanol–water partition coefficient (Wildman–Crippen LogP) is 3.85. The molecule has 2 N–H and O–H groups in total. The Morgan fingerprint density at radius 1 is 1.17 bits per heavy atom. The van der Waals surface area contributed by atoms with E-state index >= 15 is 0 Å². The highest BCUT2D eigenvalue weighted by Gasteiger charge is 2.18. The van der Waals surface area contributed by atoms with E-state index in [1.807, 2.05) is 0 Å². The summed E-state index contributed by atoms with van der Waals surface area (Å²) in [6, 6.07) is 8.92. The van der Waals surface area contributed by atoms with Crippen LogP contribution < -0.4 is 10.0 Å². The Bertz CT molecular complexity index is 841. The van der Waals surface area contributed by atoms with Crippen molar-refractivity contribution in [2.24, 2.45) is 0 Å². The van der Waals surface area contributed by atoms with Crippen molar-refractivity contribution < 1.29 is 22.3 Å². The molecule has 128 valence electrons. The zero-order chi connectivity index (χ0) is 17.7. The first kappa shape index (κ1) is 18.0. The number of amides is 1. The predicted molar refractivity (Wildman–Crippen MR) is 89.3 cm³/mol. The number of hydrogen-bond acceptors (Lipinski definition) is 4. The molecule has 0 atom stereocenters. The number of nitrogens with one attached hydrogen (secondary N) is 2. The average Bonchev–Trinajstić information content (AvgIpc) is 2.48. The molecule has 0 unspecified atom stereocenters. The number of ether oxygens (including phenoxy) is 1. The van der Waals surface area contributed by atoms with Crippen molar-refractivity contribution in [3.8, 4) is 0 Å². The molecule has 0 aliphatic carbocycles. The molecule has 0 aliphatic heterocycles. The number of carbonyl (C=O) groups is 1. The van der Waals surface area contributed by atoms with Gasteiger partial charge < -0.3 is 4.74 Å². The second-order valence-electron chi connectivity index (χ2n) is 4.60. The van der Waals surface area contributed by atoms with Crippen LogP contribution in [-0.2, 0) is 14.8 Å². The summed E-state index contributed by atoms with van der Waals surface area (Å²) in [5.41, 5.74) is 0.695. The van der Waals surface area contributed by atoms with Crippen molar-refractivity contribution in [1.29, 1.82) is 0 Å². The van der Waals surface area contributed by atoms with Gasteiger partial charge in [0.1, 0.15) is 10.7 Å². The van der Waals surface area contributed by atoms with Crippen LogP contribution in [0.3, 0.4) is 0 Å². The molecular weight excluding hydrogens is 359 g/mol. The average molecular weight is 373 g/mol. The van der Waals surface area contributed by atoms with Gasteiger partial charge in [0.2, 0.25) is 0 Å². The number of hydrogen-bond donors (Lipinski definition) is 2. The van der Waals surface area contributed by atoms with Gasteiger partial charge in [0, 0.05) is 11.4 Å². The molecule has 0 bridgehead atoms. The first-order valence-corrected chi connectivity index (χ1v) is 8.69. The lowest BCUT2D eigenvalue weighted by molar-refractivity contribution is 0.168. The third kappa shape index (κ3) is 4.59. The fourth-order valence-electron chi connectivity index (χ4n) is 1.81. The van der Waals surface area contributed by atoms with Crippen LogP contribution in [0.5, 0.6) is 0 Å². The van der Waals surface area contributed by atoms with E-state index in [4.69, 9.17) is 16.3 Å². The van der Waals surface area contributed by atoms with Crippen molar-refractivity contribution in [2.75, 3.05) is 16.6 Å². The number of rotatable bonds is 5. The van der Waals surface area contributed by atoms with Crippen LogP contribution in [0.2, 0.25) is 5.02 Å². The van der Waals surface area contributed by atoms with E-state index in [0.29, 0.717) is 5.69 Å². The Morgan fingerprint density at radius 2 is 1.79 bits per heavy atom. The van der Waals surface area contributed by atoms with Gasteiger partial charge in [-0.25, -0.2) is 17.6 Å². The standard InChI is InChI=1S/C15H14ClFN2O4S/c1-2-23-15(20)18-11-4-6-12(7-5-11)19-24(21,22)14-8-3-10(17)9-13(14)16/h3-9,19H,2H2,1H3,(H,18,20). The molecule has 2 aromatic rings. The van der Waals surface area contributed by atoms with Crippen LogP contribution in [-0.4, -0.2) is 21.1 Å². The van der Waals surface area contributed by atoms with E-state index in [2.05, 4.69) is 10.0 Å². The third-order valence-electron chi connectivity index (χ3n) is 2.84. The first-order chi connectivity index (χ1) is 11.3. The van der Waals surface area contributed by atoms with E-state index in [9.17, 15) is 17.6 Å². The maximum atomic E-state index is 13.0. The zero-order valence-electron chi connectivity index (χ0n) is 12.5. The molecule has 2 aromatic carbocycles. The van der Waals surface area contributed by atoms with Gasteiger partial charge in [0.25, 0.3) is 10.0 Å². The van der Waals surface area contributed by atoms with Gasteiger partial charge in [0.05, 0.1) is 11.6 Å². The molecule has 0 aromatic heterocycles. The zero-order valence-corrected chi connectivity index (χ0v) is 14.1. The van der Waals surface area contributed by atoms with Crippen molar-refractivity contribution >= 4 is 39.1 Å². The fourth-order valence-corrected chi connectivity index (χ4v) is 3.40. The van der Waals surface area contributed by atoms with Crippen molar-refractivity contribution in [3.05, 3.63) is 53.3 Å². The van der Waals surface area contributed by atoms with Crippen LogP contribution in [0.1, 0.15) is 6.92 Å². The van der Waals surface area contributed by atoms with E-state index in [1.54, 1.807) is 6.92 Å². The molecule has 9 heteroatoms. The lowest BCUT2D eigenvalue weighted by atomic mass is 10.3. The Morgan fingerprint density at radius 3 is 2.38 bits per heavy atom. The van der Waals surface area contributed by atoms with Crippen LogP contribution in [0, 0.1) is 5.82 Å². The van der Waals surface area contributed by atoms with E-state index in [1.165, 1.54) is 24.3 Å². The monoisotopic (exact) mass is 372 g/mol. The van der Waals surface area contributed by atoms with Gasteiger partial charge >= 0.3 is 6.09 Å². The lowest BCUT2D eigenvalue weighted by Gasteiger charge is -2.10. The Kier molecular flexibility index (Phi) is 5.63. The molecule has 6 nitrogen and oxygen atoms in total. The normalized spacial score (nSPS) is 11.0. The number of carbonyl (C=O) groups excluding carboxylic acids is 1. The topological polar surface area (TPSA) is 84.5 Å². The Balaban J connectivity index is 2.14. The molecule has 0 spiro atoms. The second kappa shape index (κ2) is 7.50. The summed E-state index contributed by atoms with van der Waals surface area (Å²) in [6.07, 6.45) is -0.607. The molecule has 2 rings (SSSR count). The smallest absolute Gasteiger partial charge is 0.411 e. The van der Waals surface area contributed by atoms with Crippen LogP contribution >= 0.6 is 11.6 Å². The third-order valence-corrected chi connectivity index (χ3v) is 4.71. The molecule has 0 heterocycles. The maximum absolute atomic E-state index is 13.0. The second-order valence-corrected chi connectivity index (χ2v) is 6.66. The summed E-state index contributed by atoms with van der Waals surface area (Å²) in [7, 11) is -3.97. The lowest BCUT2D eigenvalue weighted by Crippen LogP contribution is -2.14. The van der Waals surface area contributed by atoms with Crippen LogP contribution in [0.4, 0.5) is 20.6 Å². The molecule has 0 radical (unpaired) electrons. The molecule has 1 amide bonds. The summed E-state index contributed by atoms with van der Waals surface area (Å²) in [4.78, 5) is 11.0. The van der Waals surface area contributed by atoms with Gasteiger partial charge in [-0.2, -0.15) is 0 Å². The Hall–Kier alpha value is -2.32. The highest BCUT2D eigenvalue weighted by molar-refractivity contribution is 7.92. The van der Waals surface area contributed by atoms with Crippen molar-refractivity contribution in [2.45, 2.75) is 11.8 Å². The number of sulfonamides is 1. The number of halogens is 2. The van der Waals surface area contributed by atoms with E-state index < -0.39 is 21.9 Å². The van der Waals surface area contributed by atoms with Crippen LogP contribution in [0.15, 0.2) is 47.4 Å². The minimum Gasteiger partial charge on any atom is -0.450 e. The van der Waals surface area contributed by atoms with Gasteiger partial charge in [-0.3, -0.25) is 10.0 Å². The summed E-state index contributed by atoms with van der Waals surface area (Å²) >= 11 is 5.77. The minimum absolute atomic E-state index is 0.219. The highest BCUT2D eigenvalue weighted by Crippen LogP contribution is 2.25. The fraction of sp³-hybridized carbons (Fsp3) is 0.133. The van der Waals surface area contributed by atoms with Crippen molar-refractivity contribution in [3.63, 3.8) is 0 Å². The van der Waals surface area contributed by atoms with Crippen molar-refractivity contribution in [1.82, 2.24) is 0 Å². The molecule has 0 fully saturated rings. The minimum atomic E-state index is -3.97. The molecule has 0 aliphatic rings. The van der Waals surface area contributed by atoms with Gasteiger partial charge in [-0.15, -0.1) is 0 Å². The summed E-state index contributed by atoms with van der Waals surface area (Å²) in [5, 5.41) is 2.26. The summed E-state index contributed by atoms with van der Waals surface area (Å²) in [5.74, 6) is -0.631. The maximum Gasteiger partial charge on any atom is 0.411 e. The molecule has 0 saturated heterocycles. The van der Waals surface area contributed by atoms with Gasteiger partial charge in [0.15, 0.2) is 0 Å². The van der Waals surface area contributed by atoms with Crippen LogP contribution in [0.25, 0.3) is 0 Å². The first-order valence-electron chi connectivity index (χ1n) is 6.83. The molecule has 24 heavy (non-hydrogen) atoms. The largest absolute Gasteiger partial charge is 0.450 e. The number of benzene rings is 2. The molecule has 0 saturated carbocycles. The quantitative estimate of drug-likeness (QED) is 0.834. The number of anilines is 2. The SMILES string of the molecule is CCOC(=O)Nc1ccc(NS(=O)(=O)c2ccc(F)cc2Cl)cc1. The van der Waals surface area contributed by atoms with Gasteiger partial charge in [-0.1, -0.05) is 11.6 Å². The Labute approximate surface area is 143 Å². The highest BCUT2D eigenvalue weighted by atomic mass is 35.5. The van der Waals surface area contributed by atoms with Gasteiger partial charge in [-0.05, 0) is 49.4 Å². The van der Waals surface area contributed by atoms with E-state index in [-0.39, 0.29) is 22.2 Å². The van der Waals surface area contributed by atoms with E-state index in [0.717, 1.165) is 18.2 Å². The summed E-state index contributed by atoms with van der Waals surface area (Å²) < 4.78 is 44.6. The molecular formula is C15H14ClFN2O4S.